The quantitative estimate of drug-likeness (QED) is 0.458. The van der Waals surface area contributed by atoms with Gasteiger partial charge in [0, 0.05) is 28.5 Å². The zero-order valence-electron chi connectivity index (χ0n) is 16.6. The molecule has 2 heterocycles. The average Bonchev–Trinajstić information content (AvgIpc) is 3.18. The van der Waals surface area contributed by atoms with Crippen molar-refractivity contribution in [1.82, 2.24) is 14.0 Å². The molecule has 6 nitrogen and oxygen atoms in total. The summed E-state index contributed by atoms with van der Waals surface area (Å²) < 4.78 is 8.26. The Bertz CT molecular complexity index is 1270. The number of rotatable bonds is 5. The predicted molar refractivity (Wildman–Crippen MR) is 116 cm³/mol. The van der Waals surface area contributed by atoms with E-state index in [1.165, 1.54) is 7.11 Å². The Labute approximate surface area is 178 Å². The molecule has 152 valence electrons. The third-order valence-electron chi connectivity index (χ3n) is 5.00. The number of aromatic nitrogens is 3. The Kier molecular flexibility index (Phi) is 5.42. The maximum Gasteiger partial charge on any atom is 0.309 e. The van der Waals surface area contributed by atoms with Gasteiger partial charge in [-0.05, 0) is 30.2 Å². The third kappa shape index (κ3) is 4.00. The van der Waals surface area contributed by atoms with Crippen LogP contribution in [0.1, 0.15) is 16.8 Å². The van der Waals surface area contributed by atoms with Crippen molar-refractivity contribution in [3.63, 3.8) is 0 Å². The minimum Gasteiger partial charge on any atom is -0.469 e. The fourth-order valence-electron chi connectivity index (χ4n) is 3.35. The molecular formula is C23H20ClN3O3. The molecule has 0 unspecified atom stereocenters. The van der Waals surface area contributed by atoms with Crippen molar-refractivity contribution in [3.05, 3.63) is 93.0 Å². The van der Waals surface area contributed by atoms with Crippen molar-refractivity contribution in [2.75, 3.05) is 7.11 Å². The van der Waals surface area contributed by atoms with Gasteiger partial charge < -0.3 is 9.30 Å². The molecule has 0 bridgehead atoms. The van der Waals surface area contributed by atoms with E-state index in [-0.39, 0.29) is 17.9 Å². The zero-order valence-corrected chi connectivity index (χ0v) is 17.4. The van der Waals surface area contributed by atoms with Gasteiger partial charge in [-0.25, -0.2) is 4.98 Å². The number of methoxy groups -OCH3 is 1. The lowest BCUT2D eigenvalue weighted by Crippen LogP contribution is -2.19. The summed E-state index contributed by atoms with van der Waals surface area (Å²) >= 11 is 5.98. The second-order valence-corrected chi connectivity index (χ2v) is 7.52. The highest BCUT2D eigenvalue weighted by Crippen LogP contribution is 2.21. The summed E-state index contributed by atoms with van der Waals surface area (Å²) in [5.41, 5.74) is 4.21. The zero-order chi connectivity index (χ0) is 21.3. The fraction of sp³-hybridized carbons (Fsp3) is 0.174. The van der Waals surface area contributed by atoms with Gasteiger partial charge in [-0.15, -0.1) is 0 Å². The fourth-order valence-corrected chi connectivity index (χ4v) is 3.47. The molecule has 0 atom stereocenters. The molecule has 0 aliphatic carbocycles. The first-order valence-electron chi connectivity index (χ1n) is 9.45. The number of ether oxygens (including phenoxy) is 1. The topological polar surface area (TPSA) is 65.6 Å². The molecule has 7 heteroatoms. The van der Waals surface area contributed by atoms with Crippen LogP contribution < -0.4 is 5.56 Å². The second-order valence-electron chi connectivity index (χ2n) is 7.08. The summed E-state index contributed by atoms with van der Waals surface area (Å²) in [7, 11) is 1.38. The summed E-state index contributed by atoms with van der Waals surface area (Å²) in [5, 5.41) is 0.647. The molecule has 0 fully saturated rings. The number of esters is 1. The first-order valence-corrected chi connectivity index (χ1v) is 9.82. The van der Waals surface area contributed by atoms with Crippen molar-refractivity contribution in [2.45, 2.75) is 19.9 Å². The highest BCUT2D eigenvalue weighted by atomic mass is 35.5. The van der Waals surface area contributed by atoms with Crippen molar-refractivity contribution >= 4 is 23.3 Å². The summed E-state index contributed by atoms with van der Waals surface area (Å²) in [6, 6.07) is 16.7. The van der Waals surface area contributed by atoms with Crippen LogP contribution in [0.4, 0.5) is 0 Å². The number of halogens is 1. The lowest BCUT2D eigenvalue weighted by Gasteiger charge is -2.12. The molecule has 2 aromatic carbocycles. The number of hydrogen-bond donors (Lipinski definition) is 0. The number of benzene rings is 2. The van der Waals surface area contributed by atoms with Crippen LogP contribution in [0.25, 0.3) is 17.0 Å². The van der Waals surface area contributed by atoms with E-state index >= 15 is 0 Å². The smallest absolute Gasteiger partial charge is 0.309 e. The van der Waals surface area contributed by atoms with Gasteiger partial charge in [0.2, 0.25) is 5.78 Å². The molecular weight excluding hydrogens is 402 g/mol. The van der Waals surface area contributed by atoms with Gasteiger partial charge in [-0.3, -0.25) is 14.0 Å². The molecule has 0 spiro atoms. The molecule has 2 aromatic heterocycles. The van der Waals surface area contributed by atoms with Gasteiger partial charge in [-0.2, -0.15) is 0 Å². The highest BCUT2D eigenvalue weighted by Gasteiger charge is 2.13. The first-order chi connectivity index (χ1) is 14.4. The van der Waals surface area contributed by atoms with E-state index in [4.69, 9.17) is 21.3 Å². The second kappa shape index (κ2) is 8.16. The van der Waals surface area contributed by atoms with Crippen LogP contribution in [-0.4, -0.2) is 27.0 Å². The SMILES string of the molecule is COC(=O)Cc1ccc(Cn2c(C)cc(=O)n3cc(-c4ccc(Cl)cc4)nc23)cc1. The van der Waals surface area contributed by atoms with Crippen LogP contribution in [0.5, 0.6) is 0 Å². The van der Waals surface area contributed by atoms with Crippen LogP contribution in [0.15, 0.2) is 65.6 Å². The Morgan fingerprint density at radius 3 is 2.40 bits per heavy atom. The third-order valence-corrected chi connectivity index (χ3v) is 5.26. The normalized spacial score (nSPS) is 11.0. The van der Waals surface area contributed by atoms with Crippen LogP contribution >= 0.6 is 11.6 Å². The number of nitrogens with zero attached hydrogens (tertiary/aromatic N) is 3. The Morgan fingerprint density at radius 2 is 1.73 bits per heavy atom. The first kappa shape index (κ1) is 19.9. The van der Waals surface area contributed by atoms with Gasteiger partial charge >= 0.3 is 5.97 Å². The Morgan fingerprint density at radius 1 is 1.07 bits per heavy atom. The number of carbonyl (C=O) groups is 1. The van der Waals surface area contributed by atoms with Gasteiger partial charge in [-0.1, -0.05) is 48.0 Å². The molecule has 0 saturated heterocycles. The van der Waals surface area contributed by atoms with E-state index in [0.29, 0.717) is 23.0 Å². The Hall–Kier alpha value is -3.38. The standard InChI is InChI=1S/C23H20ClN3O3/c1-15-11-21(28)27-14-20(18-7-9-19(24)10-8-18)25-23(27)26(15)13-17-5-3-16(4-6-17)12-22(29)30-2/h3-11,14H,12-13H2,1-2H3. The molecule has 0 aliphatic heterocycles. The number of aryl methyl sites for hydroxylation is 1. The van der Waals surface area contributed by atoms with Gasteiger partial charge in [0.1, 0.15) is 0 Å². The lowest BCUT2D eigenvalue weighted by atomic mass is 10.1. The van der Waals surface area contributed by atoms with Crippen LogP contribution in [-0.2, 0) is 22.5 Å². The molecule has 0 amide bonds. The van der Waals surface area contributed by atoms with E-state index in [2.05, 4.69) is 0 Å². The molecule has 30 heavy (non-hydrogen) atoms. The van der Waals surface area contributed by atoms with Crippen molar-refractivity contribution in [3.8, 4) is 11.3 Å². The van der Waals surface area contributed by atoms with Crippen molar-refractivity contribution in [1.29, 1.82) is 0 Å². The van der Waals surface area contributed by atoms with Gasteiger partial charge in [0.05, 0.1) is 25.8 Å². The number of carbonyl (C=O) groups excluding carboxylic acids is 1. The van der Waals surface area contributed by atoms with Crippen LogP contribution in [0.2, 0.25) is 5.02 Å². The van der Waals surface area contributed by atoms with Crippen molar-refractivity contribution in [2.24, 2.45) is 0 Å². The van der Waals surface area contributed by atoms with E-state index in [9.17, 15) is 9.59 Å². The number of hydrogen-bond acceptors (Lipinski definition) is 4. The largest absolute Gasteiger partial charge is 0.469 e. The lowest BCUT2D eigenvalue weighted by molar-refractivity contribution is -0.139. The monoisotopic (exact) mass is 421 g/mol. The van der Waals surface area contributed by atoms with Crippen LogP contribution in [0.3, 0.4) is 0 Å². The predicted octanol–water partition coefficient (Wildman–Crippen LogP) is 3.89. The molecule has 4 aromatic rings. The Balaban J connectivity index is 1.71. The number of fused-ring (bicyclic) bond motifs is 1. The van der Waals surface area contributed by atoms with Gasteiger partial charge in [0.25, 0.3) is 5.56 Å². The van der Waals surface area contributed by atoms with Crippen molar-refractivity contribution < 1.29 is 9.53 Å². The summed E-state index contributed by atoms with van der Waals surface area (Å²) in [5.74, 6) is 0.302. The molecule has 4 rings (SSSR count). The van der Waals surface area contributed by atoms with E-state index in [1.54, 1.807) is 28.8 Å². The van der Waals surface area contributed by atoms with E-state index < -0.39 is 0 Å². The maximum absolute atomic E-state index is 12.5. The minimum absolute atomic E-state index is 0.125. The van der Waals surface area contributed by atoms with Crippen LogP contribution in [0, 0.1) is 6.92 Å². The maximum atomic E-state index is 12.5. The van der Waals surface area contributed by atoms with E-state index in [1.807, 2.05) is 47.9 Å². The summed E-state index contributed by atoms with van der Waals surface area (Å²) in [4.78, 5) is 28.7. The average molecular weight is 422 g/mol. The minimum atomic E-state index is -0.271. The number of imidazole rings is 1. The van der Waals surface area contributed by atoms with Gasteiger partial charge in [0.15, 0.2) is 0 Å². The molecule has 0 saturated carbocycles. The summed E-state index contributed by atoms with van der Waals surface area (Å²) in [6.45, 7) is 2.44. The highest BCUT2D eigenvalue weighted by molar-refractivity contribution is 6.30. The summed E-state index contributed by atoms with van der Waals surface area (Å²) in [6.07, 6.45) is 1.99. The molecule has 0 N–H and O–H groups in total. The van der Waals surface area contributed by atoms with E-state index in [0.717, 1.165) is 22.4 Å². The molecule has 0 aliphatic rings. The molecule has 0 radical (unpaired) electrons.